The van der Waals surface area contributed by atoms with Crippen molar-refractivity contribution in [3.05, 3.63) is 34.7 Å². The van der Waals surface area contributed by atoms with Crippen LogP contribution in [0, 0.1) is 0 Å². The molecule has 0 atom stereocenters. The Morgan fingerprint density at radius 1 is 1.26 bits per heavy atom. The smallest absolute Gasteiger partial charge is 0.172 e. The summed E-state index contributed by atoms with van der Waals surface area (Å²) in [5.74, 6) is 1.82. The lowest BCUT2D eigenvalue weighted by molar-refractivity contribution is 0.417. The van der Waals surface area contributed by atoms with Gasteiger partial charge in [-0.2, -0.15) is 0 Å². The molecule has 0 aliphatic heterocycles. The molecule has 0 radical (unpaired) electrons. The molecule has 0 aliphatic rings. The highest BCUT2D eigenvalue weighted by Crippen LogP contribution is 2.31. The molecule has 0 spiro atoms. The Bertz CT molecular complexity index is 757. The third-order valence-electron chi connectivity index (χ3n) is 2.72. The maximum atomic E-state index is 5.98. The number of anilines is 1. The standard InChI is InChI=1S/C13H10ClN3OS/c1-18-8-5-11(19-6-8)13-16-10-4-7(14)2-3-9(10)12(15)17-13/h2-6H,1H3,(H2,15,16,17). The van der Waals surface area contributed by atoms with E-state index in [1.54, 1.807) is 19.2 Å². The lowest BCUT2D eigenvalue weighted by Gasteiger charge is -2.04. The van der Waals surface area contributed by atoms with Crippen molar-refractivity contribution >= 4 is 39.7 Å². The molecule has 1 aromatic carbocycles. The molecule has 96 valence electrons. The number of nitrogens with zero attached hydrogens (tertiary/aromatic N) is 2. The second-order valence-electron chi connectivity index (χ2n) is 3.94. The van der Waals surface area contributed by atoms with E-state index in [9.17, 15) is 0 Å². The number of fused-ring (bicyclic) bond motifs is 1. The summed E-state index contributed by atoms with van der Waals surface area (Å²) in [6.45, 7) is 0. The Kier molecular flexibility index (Phi) is 3.00. The summed E-state index contributed by atoms with van der Waals surface area (Å²) in [5.41, 5.74) is 6.70. The summed E-state index contributed by atoms with van der Waals surface area (Å²) < 4.78 is 5.16. The van der Waals surface area contributed by atoms with Gasteiger partial charge in [0.15, 0.2) is 5.82 Å². The van der Waals surface area contributed by atoms with Crippen molar-refractivity contribution in [3.8, 4) is 16.5 Å². The van der Waals surface area contributed by atoms with Crippen molar-refractivity contribution in [3.63, 3.8) is 0 Å². The zero-order valence-electron chi connectivity index (χ0n) is 10.1. The van der Waals surface area contributed by atoms with Crippen molar-refractivity contribution < 1.29 is 4.74 Å². The monoisotopic (exact) mass is 291 g/mol. The fraction of sp³-hybridized carbons (Fsp3) is 0.0769. The molecule has 0 amide bonds. The maximum absolute atomic E-state index is 5.98. The normalized spacial score (nSPS) is 10.8. The quantitative estimate of drug-likeness (QED) is 0.783. The molecule has 3 aromatic rings. The van der Waals surface area contributed by atoms with Crippen molar-refractivity contribution in [1.29, 1.82) is 0 Å². The van der Waals surface area contributed by atoms with Gasteiger partial charge < -0.3 is 10.5 Å². The van der Waals surface area contributed by atoms with Gasteiger partial charge >= 0.3 is 0 Å². The van der Waals surface area contributed by atoms with Gasteiger partial charge in [-0.25, -0.2) is 9.97 Å². The van der Waals surface area contributed by atoms with Gasteiger partial charge in [-0.1, -0.05) is 11.6 Å². The highest BCUT2D eigenvalue weighted by atomic mass is 35.5. The minimum absolute atomic E-state index is 0.448. The Balaban J connectivity index is 2.19. The predicted octanol–water partition coefficient (Wildman–Crippen LogP) is 3.60. The van der Waals surface area contributed by atoms with E-state index >= 15 is 0 Å². The summed E-state index contributed by atoms with van der Waals surface area (Å²) in [5, 5.41) is 3.33. The molecule has 0 bridgehead atoms. The van der Waals surface area contributed by atoms with Crippen LogP contribution in [0.15, 0.2) is 29.6 Å². The van der Waals surface area contributed by atoms with E-state index in [-0.39, 0.29) is 0 Å². The average molecular weight is 292 g/mol. The van der Waals surface area contributed by atoms with Crippen LogP contribution in [0.1, 0.15) is 0 Å². The second-order valence-corrected chi connectivity index (χ2v) is 5.29. The zero-order chi connectivity index (χ0) is 13.4. The number of benzene rings is 1. The number of nitrogens with two attached hydrogens (primary N) is 1. The number of ether oxygens (including phenoxy) is 1. The Morgan fingerprint density at radius 3 is 2.84 bits per heavy atom. The predicted molar refractivity (Wildman–Crippen MR) is 78.8 cm³/mol. The molecule has 2 aromatic heterocycles. The first-order valence-electron chi connectivity index (χ1n) is 5.53. The van der Waals surface area contributed by atoms with E-state index in [1.165, 1.54) is 11.3 Å². The first kappa shape index (κ1) is 12.2. The Hall–Kier alpha value is -1.85. The number of aromatic nitrogens is 2. The van der Waals surface area contributed by atoms with Crippen LogP contribution < -0.4 is 10.5 Å². The third-order valence-corrected chi connectivity index (χ3v) is 3.86. The molecule has 0 saturated heterocycles. The minimum Gasteiger partial charge on any atom is -0.496 e. The van der Waals surface area contributed by atoms with E-state index in [0.29, 0.717) is 16.7 Å². The molecule has 0 unspecified atom stereocenters. The highest BCUT2D eigenvalue weighted by molar-refractivity contribution is 7.13. The van der Waals surface area contributed by atoms with Gasteiger partial charge in [0.1, 0.15) is 11.6 Å². The van der Waals surface area contributed by atoms with Crippen LogP contribution in [0.5, 0.6) is 5.75 Å². The fourth-order valence-corrected chi connectivity index (χ4v) is 2.74. The van der Waals surface area contributed by atoms with E-state index < -0.39 is 0 Å². The van der Waals surface area contributed by atoms with E-state index in [0.717, 1.165) is 21.5 Å². The number of nitrogen functional groups attached to an aromatic ring is 1. The van der Waals surface area contributed by atoms with Crippen LogP contribution in [-0.4, -0.2) is 17.1 Å². The van der Waals surface area contributed by atoms with Gasteiger partial charge in [0.2, 0.25) is 0 Å². The number of rotatable bonds is 2. The first-order valence-corrected chi connectivity index (χ1v) is 6.79. The van der Waals surface area contributed by atoms with Crippen molar-refractivity contribution in [2.45, 2.75) is 0 Å². The van der Waals surface area contributed by atoms with Crippen LogP contribution in [0.25, 0.3) is 21.6 Å². The Labute approximate surface area is 118 Å². The van der Waals surface area contributed by atoms with Gasteiger partial charge in [-0.3, -0.25) is 0 Å². The molecule has 0 aliphatic carbocycles. The number of hydrogen-bond donors (Lipinski definition) is 1. The van der Waals surface area contributed by atoms with Gasteiger partial charge in [-0.05, 0) is 18.2 Å². The number of thiophene rings is 1. The average Bonchev–Trinajstić information content (AvgIpc) is 2.86. The SMILES string of the molecule is COc1csc(-c2nc(N)c3ccc(Cl)cc3n2)c1. The summed E-state index contributed by atoms with van der Waals surface area (Å²) in [6.07, 6.45) is 0. The van der Waals surface area contributed by atoms with Crippen LogP contribution >= 0.6 is 22.9 Å². The summed E-state index contributed by atoms with van der Waals surface area (Å²) in [4.78, 5) is 9.73. The Morgan fingerprint density at radius 2 is 2.11 bits per heavy atom. The van der Waals surface area contributed by atoms with Gasteiger partial charge in [0.25, 0.3) is 0 Å². The van der Waals surface area contributed by atoms with Gasteiger partial charge in [-0.15, -0.1) is 11.3 Å². The zero-order valence-corrected chi connectivity index (χ0v) is 11.6. The van der Waals surface area contributed by atoms with Crippen molar-refractivity contribution in [1.82, 2.24) is 9.97 Å². The number of halogens is 1. The van der Waals surface area contributed by atoms with Crippen molar-refractivity contribution in [2.24, 2.45) is 0 Å². The first-order chi connectivity index (χ1) is 9.17. The molecular formula is C13H10ClN3OS. The lowest BCUT2D eigenvalue weighted by Crippen LogP contribution is -1.96. The minimum atomic E-state index is 0.448. The summed E-state index contributed by atoms with van der Waals surface area (Å²) in [6, 6.07) is 7.27. The number of methoxy groups -OCH3 is 1. The fourth-order valence-electron chi connectivity index (χ4n) is 1.78. The van der Waals surface area contributed by atoms with Crippen LogP contribution in [0.2, 0.25) is 5.02 Å². The second kappa shape index (κ2) is 4.68. The van der Waals surface area contributed by atoms with Crippen LogP contribution in [0.4, 0.5) is 5.82 Å². The van der Waals surface area contributed by atoms with E-state index in [4.69, 9.17) is 22.1 Å². The van der Waals surface area contributed by atoms with E-state index in [2.05, 4.69) is 9.97 Å². The summed E-state index contributed by atoms with van der Waals surface area (Å²) >= 11 is 7.49. The largest absolute Gasteiger partial charge is 0.496 e. The molecular weight excluding hydrogens is 282 g/mol. The molecule has 3 rings (SSSR count). The maximum Gasteiger partial charge on any atom is 0.172 e. The molecule has 4 nitrogen and oxygen atoms in total. The van der Waals surface area contributed by atoms with E-state index in [1.807, 2.05) is 17.5 Å². The molecule has 2 heterocycles. The lowest BCUT2D eigenvalue weighted by atomic mass is 10.2. The van der Waals surface area contributed by atoms with Crippen molar-refractivity contribution in [2.75, 3.05) is 12.8 Å². The van der Waals surface area contributed by atoms with Crippen LogP contribution in [-0.2, 0) is 0 Å². The molecule has 0 fully saturated rings. The number of hydrogen-bond acceptors (Lipinski definition) is 5. The molecule has 0 saturated carbocycles. The molecule has 2 N–H and O–H groups in total. The third kappa shape index (κ3) is 2.22. The molecule has 19 heavy (non-hydrogen) atoms. The topological polar surface area (TPSA) is 61.0 Å². The van der Waals surface area contributed by atoms with Gasteiger partial charge in [0.05, 0.1) is 17.5 Å². The van der Waals surface area contributed by atoms with Crippen LogP contribution in [0.3, 0.4) is 0 Å². The van der Waals surface area contributed by atoms with Gasteiger partial charge in [0, 0.05) is 21.9 Å². The highest BCUT2D eigenvalue weighted by Gasteiger charge is 2.10. The summed E-state index contributed by atoms with van der Waals surface area (Å²) in [7, 11) is 1.63. The molecule has 6 heteroatoms.